The molecule has 0 aromatic rings. The van der Waals surface area contributed by atoms with Crippen molar-refractivity contribution in [1.29, 1.82) is 0 Å². The molecule has 0 aromatic carbocycles. The summed E-state index contributed by atoms with van der Waals surface area (Å²) >= 11 is 6.74. The van der Waals surface area contributed by atoms with Gasteiger partial charge in [0.15, 0.2) is 0 Å². The van der Waals surface area contributed by atoms with Crippen LogP contribution in [0.4, 0.5) is 0 Å². The molecule has 0 aliphatic carbocycles. The van der Waals surface area contributed by atoms with Gasteiger partial charge in [0.2, 0.25) is 0 Å². The van der Waals surface area contributed by atoms with E-state index in [0.29, 0.717) is 0 Å². The molecule has 0 heterocycles. The fourth-order valence-corrected chi connectivity index (χ4v) is 0.567. The molecule has 0 spiro atoms. The van der Waals surface area contributed by atoms with Gasteiger partial charge >= 0.3 is 5.97 Å². The highest BCUT2D eigenvalue weighted by atomic mass is 35.5. The maximum absolute atomic E-state index is 5.14. The minimum Gasteiger partial charge on any atom is -0.195 e. The Bertz CT molecular complexity index is 17.1. The lowest BCUT2D eigenvalue weighted by atomic mass is 10.7. The number of halogens is 1. The van der Waals surface area contributed by atoms with Gasteiger partial charge in [-0.1, -0.05) is 6.92 Å². The Balaban J connectivity index is 2.19. The molecule has 0 aliphatic rings. The topological polar surface area (TPSA) is 0 Å². The van der Waals surface area contributed by atoms with Crippen LogP contribution in [-0.4, -0.2) is 11.7 Å². The first-order chi connectivity index (χ1) is 2.41. The molecular weight excluding hydrogens is 102 g/mol. The molecule has 0 saturated carbocycles. The smallest absolute Gasteiger partial charge is 0.195 e. The predicted octanol–water partition coefficient (Wildman–Crippen LogP) is 1.51. The molecule has 0 rings (SSSR count). The van der Waals surface area contributed by atoms with Crippen molar-refractivity contribution >= 4 is 29.0 Å². The zero-order valence-corrected chi connectivity index (χ0v) is 4.64. The minimum atomic E-state index is 1.07. The SMILES string of the molecule is CCS[B]Cl. The summed E-state index contributed by atoms with van der Waals surface area (Å²) in [6.45, 7) is 2.06. The fourth-order valence-electron chi connectivity index (χ4n) is 0.0630. The highest BCUT2D eigenvalue weighted by Crippen LogP contribution is 1.94. The van der Waals surface area contributed by atoms with E-state index < -0.39 is 0 Å². The lowest BCUT2D eigenvalue weighted by Gasteiger charge is -1.76. The normalized spacial score (nSPS) is 7.60. The average Bonchev–Trinajstić information content (AvgIpc) is 1.41. The molecule has 0 N–H and O–H groups in total. The summed E-state index contributed by atoms with van der Waals surface area (Å²) in [5.41, 5.74) is 0. The molecule has 5 heavy (non-hydrogen) atoms. The van der Waals surface area contributed by atoms with E-state index in [9.17, 15) is 0 Å². The van der Waals surface area contributed by atoms with E-state index in [1.807, 2.05) is 0 Å². The molecule has 0 amide bonds. The van der Waals surface area contributed by atoms with Gasteiger partial charge in [0.25, 0.3) is 0 Å². The number of hydrogen-bond acceptors (Lipinski definition) is 1. The van der Waals surface area contributed by atoms with Gasteiger partial charge in [-0.15, -0.1) is 0 Å². The van der Waals surface area contributed by atoms with Crippen molar-refractivity contribution in [1.82, 2.24) is 0 Å². The van der Waals surface area contributed by atoms with Gasteiger partial charge < -0.3 is 0 Å². The van der Waals surface area contributed by atoms with Crippen LogP contribution < -0.4 is 0 Å². The third kappa shape index (κ3) is 4.70. The van der Waals surface area contributed by atoms with Crippen LogP contribution in [0, 0.1) is 0 Å². The molecule has 0 aromatic heterocycles. The summed E-state index contributed by atoms with van der Waals surface area (Å²) < 4.78 is 0. The molecule has 0 atom stereocenters. The Morgan fingerprint density at radius 2 is 2.60 bits per heavy atom. The summed E-state index contributed by atoms with van der Waals surface area (Å²) in [6.07, 6.45) is 0. The summed E-state index contributed by atoms with van der Waals surface area (Å²) in [5, 5.41) is 0. The van der Waals surface area contributed by atoms with E-state index in [0.717, 1.165) is 5.75 Å². The highest BCUT2D eigenvalue weighted by Gasteiger charge is 1.74. The predicted molar refractivity (Wildman–Crippen MR) is 29.7 cm³/mol. The van der Waals surface area contributed by atoms with Gasteiger partial charge in [-0.2, -0.15) is 23.1 Å². The summed E-state index contributed by atoms with van der Waals surface area (Å²) in [7, 11) is 0. The van der Waals surface area contributed by atoms with Crippen molar-refractivity contribution in [2.45, 2.75) is 6.92 Å². The molecule has 0 saturated heterocycles. The van der Waals surface area contributed by atoms with Crippen LogP contribution in [0.15, 0.2) is 0 Å². The van der Waals surface area contributed by atoms with Gasteiger partial charge in [0.05, 0.1) is 0 Å². The first-order valence-corrected chi connectivity index (χ1v) is 2.93. The van der Waals surface area contributed by atoms with Gasteiger partial charge in [-0.25, -0.2) is 0 Å². The monoisotopic (exact) mass is 107 g/mol. The molecule has 3 heteroatoms. The molecule has 0 unspecified atom stereocenters. The largest absolute Gasteiger partial charge is 0.313 e. The van der Waals surface area contributed by atoms with E-state index in [4.69, 9.17) is 11.5 Å². The van der Waals surface area contributed by atoms with E-state index in [-0.39, 0.29) is 0 Å². The number of hydrogen-bond donors (Lipinski definition) is 0. The maximum atomic E-state index is 5.14. The first-order valence-electron chi connectivity index (χ1n) is 1.45. The minimum absolute atomic E-state index is 1.07. The summed E-state index contributed by atoms with van der Waals surface area (Å²) in [5.74, 6) is 2.64. The first kappa shape index (κ1) is 5.70. The lowest BCUT2D eigenvalue weighted by molar-refractivity contribution is 1.54. The molecule has 1 radical (unpaired) electrons. The van der Waals surface area contributed by atoms with Crippen LogP contribution in [0.3, 0.4) is 0 Å². The molecule has 0 fully saturated rings. The molecule has 29 valence electrons. The van der Waals surface area contributed by atoms with Crippen molar-refractivity contribution in [2.24, 2.45) is 0 Å². The van der Waals surface area contributed by atoms with Gasteiger partial charge in [0, 0.05) is 0 Å². The second kappa shape index (κ2) is 4.70. The second-order valence-electron chi connectivity index (χ2n) is 0.544. The quantitative estimate of drug-likeness (QED) is 0.482. The molecule has 0 nitrogen and oxygen atoms in total. The Kier molecular flexibility index (Phi) is 5.37. The Morgan fingerprint density at radius 3 is 2.60 bits per heavy atom. The standard InChI is InChI=1S/C2H5BClS/c1-2-5-3-4/h2H2,1H3. The van der Waals surface area contributed by atoms with Crippen molar-refractivity contribution in [3.63, 3.8) is 0 Å². The van der Waals surface area contributed by atoms with Crippen LogP contribution in [-0.2, 0) is 0 Å². The Hall–Kier alpha value is 0.705. The third-order valence-electron chi connectivity index (χ3n) is 0.230. The molecule has 0 bridgehead atoms. The Morgan fingerprint density at radius 1 is 2.00 bits per heavy atom. The van der Waals surface area contributed by atoms with Gasteiger partial charge in [-0.05, 0) is 5.75 Å². The zero-order valence-electron chi connectivity index (χ0n) is 3.07. The zero-order chi connectivity index (χ0) is 4.12. The average molecular weight is 107 g/mol. The van der Waals surface area contributed by atoms with Crippen LogP contribution >= 0.6 is 23.1 Å². The summed E-state index contributed by atoms with van der Waals surface area (Å²) in [4.78, 5) is 0. The van der Waals surface area contributed by atoms with Crippen molar-refractivity contribution < 1.29 is 0 Å². The van der Waals surface area contributed by atoms with E-state index in [2.05, 4.69) is 6.92 Å². The molecular formula is C2H5BClS. The van der Waals surface area contributed by atoms with Gasteiger partial charge in [0.1, 0.15) is 0 Å². The van der Waals surface area contributed by atoms with Crippen molar-refractivity contribution in [3.05, 3.63) is 0 Å². The van der Waals surface area contributed by atoms with Crippen molar-refractivity contribution in [3.8, 4) is 0 Å². The van der Waals surface area contributed by atoms with Gasteiger partial charge in [-0.3, -0.25) is 0 Å². The van der Waals surface area contributed by atoms with Crippen LogP contribution in [0.1, 0.15) is 6.92 Å². The molecule has 0 aliphatic heterocycles. The summed E-state index contributed by atoms with van der Waals surface area (Å²) in [6, 6.07) is 0. The highest BCUT2D eigenvalue weighted by molar-refractivity contribution is 8.26. The second-order valence-corrected chi connectivity index (χ2v) is 2.17. The van der Waals surface area contributed by atoms with Crippen LogP contribution in [0.5, 0.6) is 0 Å². The maximum Gasteiger partial charge on any atom is 0.313 e. The van der Waals surface area contributed by atoms with E-state index >= 15 is 0 Å². The third-order valence-corrected chi connectivity index (χ3v) is 1.07. The fraction of sp³-hybridized carbons (Fsp3) is 1.00. The Labute approximate surface area is 42.3 Å². The van der Waals surface area contributed by atoms with Crippen LogP contribution in [0.2, 0.25) is 0 Å². The van der Waals surface area contributed by atoms with E-state index in [1.165, 1.54) is 0 Å². The van der Waals surface area contributed by atoms with E-state index in [1.54, 1.807) is 17.6 Å². The lowest BCUT2D eigenvalue weighted by Crippen LogP contribution is -1.65. The number of rotatable bonds is 2. The van der Waals surface area contributed by atoms with Crippen LogP contribution in [0.25, 0.3) is 0 Å². The van der Waals surface area contributed by atoms with Crippen molar-refractivity contribution in [2.75, 3.05) is 5.75 Å².